The largest absolute Gasteiger partial charge is 0.477 e. The van der Waals surface area contributed by atoms with Gasteiger partial charge in [-0.2, -0.15) is 0 Å². The molecular formula is C11H18ClNO2S. The van der Waals surface area contributed by atoms with E-state index in [4.69, 9.17) is 21.4 Å². The van der Waals surface area contributed by atoms with Crippen molar-refractivity contribution in [2.75, 3.05) is 31.1 Å². The lowest BCUT2D eigenvalue weighted by Gasteiger charge is -2.24. The minimum atomic E-state index is -0.572. The van der Waals surface area contributed by atoms with Crippen molar-refractivity contribution in [1.82, 2.24) is 4.98 Å². The van der Waals surface area contributed by atoms with E-state index in [1.54, 1.807) is 12.1 Å². The van der Waals surface area contributed by atoms with E-state index in [0.717, 1.165) is 5.75 Å². The standard InChI is InChI=1S/C11H18ClNO2S/c1-16(2,3)7-6-15-11-9(8-14)4-5-10(12)13-11/h4-5,14H,6-8H2,1-3H3. The molecule has 0 aromatic carbocycles. The summed E-state index contributed by atoms with van der Waals surface area (Å²) in [6.45, 7) is 0.529. The fourth-order valence-electron chi connectivity index (χ4n) is 1.08. The quantitative estimate of drug-likeness (QED) is 0.829. The Morgan fingerprint density at radius 2 is 2.06 bits per heavy atom. The Morgan fingerprint density at radius 3 is 2.62 bits per heavy atom. The number of hydrogen-bond donors (Lipinski definition) is 1. The van der Waals surface area contributed by atoms with Crippen LogP contribution in [0, 0.1) is 0 Å². The predicted octanol–water partition coefficient (Wildman–Crippen LogP) is 2.30. The van der Waals surface area contributed by atoms with Gasteiger partial charge in [0.05, 0.1) is 13.2 Å². The number of hydrogen-bond acceptors (Lipinski definition) is 3. The van der Waals surface area contributed by atoms with Crippen molar-refractivity contribution in [2.24, 2.45) is 0 Å². The van der Waals surface area contributed by atoms with Crippen molar-refractivity contribution in [3.8, 4) is 5.88 Å². The number of nitrogens with zero attached hydrogens (tertiary/aromatic N) is 1. The first kappa shape index (κ1) is 13.6. The van der Waals surface area contributed by atoms with Crippen molar-refractivity contribution in [3.63, 3.8) is 0 Å². The third-order valence-electron chi connectivity index (χ3n) is 2.01. The summed E-state index contributed by atoms with van der Waals surface area (Å²) in [6.07, 6.45) is 6.69. The molecule has 1 heterocycles. The second kappa shape index (κ2) is 5.75. The first-order valence-corrected chi connectivity index (χ1v) is 8.38. The second-order valence-corrected chi connectivity index (χ2v) is 9.38. The number of aromatic nitrogens is 1. The molecule has 5 heteroatoms. The van der Waals surface area contributed by atoms with Crippen molar-refractivity contribution in [2.45, 2.75) is 6.61 Å². The Morgan fingerprint density at radius 1 is 1.38 bits per heavy atom. The van der Waals surface area contributed by atoms with Crippen molar-refractivity contribution in [3.05, 3.63) is 22.8 Å². The highest BCUT2D eigenvalue weighted by atomic mass is 35.5. The average molecular weight is 264 g/mol. The highest BCUT2D eigenvalue weighted by Gasteiger charge is 2.08. The molecule has 0 aliphatic carbocycles. The van der Waals surface area contributed by atoms with Crippen molar-refractivity contribution >= 4 is 21.6 Å². The Hall–Kier alpha value is -0.450. The summed E-state index contributed by atoms with van der Waals surface area (Å²) in [5.41, 5.74) is 0.674. The molecule has 1 N–H and O–H groups in total. The van der Waals surface area contributed by atoms with E-state index in [1.807, 2.05) is 0 Å². The van der Waals surface area contributed by atoms with Crippen LogP contribution >= 0.6 is 21.6 Å². The van der Waals surface area contributed by atoms with Crippen LogP contribution in [0.15, 0.2) is 12.1 Å². The molecule has 0 spiro atoms. The average Bonchev–Trinajstić information content (AvgIpc) is 2.16. The zero-order valence-corrected chi connectivity index (χ0v) is 11.4. The first-order chi connectivity index (χ1) is 7.42. The third kappa shape index (κ3) is 4.60. The van der Waals surface area contributed by atoms with Gasteiger partial charge in [0.1, 0.15) is 5.15 Å². The van der Waals surface area contributed by atoms with Crippen LogP contribution in [0.4, 0.5) is 0 Å². The topological polar surface area (TPSA) is 42.4 Å². The van der Waals surface area contributed by atoms with Gasteiger partial charge in [-0.3, -0.25) is 0 Å². The summed E-state index contributed by atoms with van der Waals surface area (Å²) in [5.74, 6) is 1.45. The summed E-state index contributed by atoms with van der Waals surface area (Å²) < 4.78 is 5.55. The van der Waals surface area contributed by atoms with Gasteiger partial charge in [-0.25, -0.2) is 15.0 Å². The number of aliphatic hydroxyl groups excluding tert-OH is 1. The Labute approximate surface area is 103 Å². The third-order valence-corrected chi connectivity index (χ3v) is 3.61. The zero-order valence-electron chi connectivity index (χ0n) is 9.86. The fraction of sp³-hybridized carbons (Fsp3) is 0.545. The van der Waals surface area contributed by atoms with Crippen LogP contribution in [-0.2, 0) is 6.61 Å². The van der Waals surface area contributed by atoms with Gasteiger partial charge < -0.3 is 9.84 Å². The van der Waals surface area contributed by atoms with E-state index in [9.17, 15) is 0 Å². The second-order valence-electron chi connectivity index (χ2n) is 4.40. The summed E-state index contributed by atoms with van der Waals surface area (Å²) in [4.78, 5) is 4.06. The molecule has 0 saturated heterocycles. The van der Waals surface area contributed by atoms with Gasteiger partial charge >= 0.3 is 0 Å². The molecule has 0 aliphatic rings. The SMILES string of the molecule is CS(C)(C)CCOc1nc(Cl)ccc1CO. The molecule has 3 nitrogen and oxygen atoms in total. The first-order valence-electron chi connectivity index (χ1n) is 4.97. The van der Waals surface area contributed by atoms with E-state index >= 15 is 0 Å². The number of rotatable bonds is 5. The van der Waals surface area contributed by atoms with E-state index in [1.165, 1.54) is 0 Å². The molecule has 0 aliphatic heterocycles. The lowest BCUT2D eigenvalue weighted by Crippen LogP contribution is -2.10. The molecule has 1 aromatic heterocycles. The number of halogens is 1. The van der Waals surface area contributed by atoms with Crippen LogP contribution in [-0.4, -0.2) is 41.2 Å². The molecule has 0 radical (unpaired) electrons. The van der Waals surface area contributed by atoms with E-state index in [-0.39, 0.29) is 6.61 Å². The molecule has 0 atom stereocenters. The van der Waals surface area contributed by atoms with Crippen LogP contribution in [0.2, 0.25) is 5.15 Å². The minimum Gasteiger partial charge on any atom is -0.477 e. The predicted molar refractivity (Wildman–Crippen MR) is 70.9 cm³/mol. The lowest BCUT2D eigenvalue weighted by atomic mass is 10.3. The number of aliphatic hydroxyl groups is 1. The number of ether oxygens (including phenoxy) is 1. The van der Waals surface area contributed by atoms with Gasteiger partial charge in [-0.05, 0) is 30.9 Å². The molecular weight excluding hydrogens is 246 g/mol. The molecule has 16 heavy (non-hydrogen) atoms. The zero-order chi connectivity index (χ0) is 12.2. The Kier molecular flexibility index (Phi) is 4.89. The van der Waals surface area contributed by atoms with E-state index in [2.05, 4.69) is 23.8 Å². The van der Waals surface area contributed by atoms with Crippen LogP contribution in [0.5, 0.6) is 5.88 Å². The lowest BCUT2D eigenvalue weighted by molar-refractivity contribution is 0.263. The molecule has 1 rings (SSSR count). The maximum atomic E-state index is 9.11. The van der Waals surface area contributed by atoms with Crippen molar-refractivity contribution < 1.29 is 9.84 Å². The molecule has 0 fully saturated rings. The highest BCUT2D eigenvalue weighted by Crippen LogP contribution is 2.33. The van der Waals surface area contributed by atoms with E-state index < -0.39 is 10.0 Å². The minimum absolute atomic E-state index is 0.0815. The molecule has 0 unspecified atom stereocenters. The monoisotopic (exact) mass is 263 g/mol. The number of pyridine rings is 1. The smallest absolute Gasteiger partial charge is 0.220 e. The highest BCUT2D eigenvalue weighted by molar-refractivity contribution is 8.32. The van der Waals surface area contributed by atoms with Gasteiger partial charge in [0.2, 0.25) is 5.88 Å². The van der Waals surface area contributed by atoms with Gasteiger partial charge in [0.25, 0.3) is 0 Å². The van der Waals surface area contributed by atoms with Crippen LogP contribution < -0.4 is 4.74 Å². The molecule has 1 aromatic rings. The summed E-state index contributed by atoms with van der Waals surface area (Å²) >= 11 is 5.78. The Bertz CT molecular complexity index is 352. The molecule has 0 saturated carbocycles. The maximum absolute atomic E-state index is 9.11. The van der Waals surface area contributed by atoms with Crippen LogP contribution in [0.25, 0.3) is 0 Å². The summed E-state index contributed by atoms with van der Waals surface area (Å²) in [6, 6.07) is 3.38. The van der Waals surface area contributed by atoms with Crippen molar-refractivity contribution in [1.29, 1.82) is 0 Å². The van der Waals surface area contributed by atoms with Gasteiger partial charge in [-0.15, -0.1) is 0 Å². The van der Waals surface area contributed by atoms with Crippen LogP contribution in [0.3, 0.4) is 0 Å². The molecule has 92 valence electrons. The Balaban J connectivity index is 2.62. The van der Waals surface area contributed by atoms with E-state index in [0.29, 0.717) is 23.2 Å². The van der Waals surface area contributed by atoms with Gasteiger partial charge in [-0.1, -0.05) is 11.6 Å². The summed E-state index contributed by atoms with van der Waals surface area (Å²) in [7, 11) is -0.572. The normalized spacial score (nSPS) is 12.6. The summed E-state index contributed by atoms with van der Waals surface area (Å²) in [5, 5.41) is 9.50. The van der Waals surface area contributed by atoms with Gasteiger partial charge in [0, 0.05) is 11.3 Å². The van der Waals surface area contributed by atoms with Crippen LogP contribution in [0.1, 0.15) is 5.56 Å². The fourth-order valence-corrected chi connectivity index (χ4v) is 1.80. The maximum Gasteiger partial charge on any atom is 0.220 e. The van der Waals surface area contributed by atoms with Gasteiger partial charge in [0.15, 0.2) is 0 Å². The molecule has 0 amide bonds. The molecule has 0 bridgehead atoms.